The Hall–Kier alpha value is -2.33. The van der Waals surface area contributed by atoms with Gasteiger partial charge in [-0.2, -0.15) is 0 Å². The summed E-state index contributed by atoms with van der Waals surface area (Å²) in [7, 11) is 0. The molecule has 126 valence electrons. The maximum absolute atomic E-state index is 12.3. The minimum absolute atomic E-state index is 0.0813. The van der Waals surface area contributed by atoms with Gasteiger partial charge in [0.15, 0.2) is 0 Å². The summed E-state index contributed by atoms with van der Waals surface area (Å²) in [6, 6.07) is 13.7. The fourth-order valence-corrected chi connectivity index (χ4v) is 3.03. The molecule has 3 rings (SSSR count). The zero-order valence-corrected chi connectivity index (χ0v) is 14.5. The standard InChI is InChI=1S/C20H24N2O2/c1-14-4-6-17(7-5-14)20(23)21-18-8-9-19(15(2)12-18)22-10-11-24-16(3)13-22/h4-9,12,16H,10-11,13H2,1-3H3,(H,21,23). The second-order valence-electron chi connectivity index (χ2n) is 6.45. The number of hydrogen-bond donors (Lipinski definition) is 1. The topological polar surface area (TPSA) is 41.6 Å². The summed E-state index contributed by atoms with van der Waals surface area (Å²) in [6.45, 7) is 8.74. The molecule has 1 aliphatic rings. The highest BCUT2D eigenvalue weighted by atomic mass is 16.5. The van der Waals surface area contributed by atoms with Crippen LogP contribution >= 0.6 is 0 Å². The lowest BCUT2D eigenvalue weighted by atomic mass is 10.1. The Kier molecular flexibility index (Phi) is 4.86. The Morgan fingerprint density at radius 2 is 1.92 bits per heavy atom. The van der Waals surface area contributed by atoms with E-state index >= 15 is 0 Å². The molecule has 0 bridgehead atoms. The number of nitrogens with one attached hydrogen (secondary N) is 1. The average molecular weight is 324 g/mol. The molecule has 1 aliphatic heterocycles. The first kappa shape index (κ1) is 16.5. The molecule has 0 aliphatic carbocycles. The number of hydrogen-bond acceptors (Lipinski definition) is 3. The number of amides is 1. The number of carbonyl (C=O) groups excluding carboxylic acids is 1. The minimum Gasteiger partial charge on any atom is -0.375 e. The highest BCUT2D eigenvalue weighted by Crippen LogP contribution is 2.25. The number of rotatable bonds is 3. The van der Waals surface area contributed by atoms with E-state index in [-0.39, 0.29) is 12.0 Å². The third kappa shape index (κ3) is 3.77. The predicted octanol–water partition coefficient (Wildman–Crippen LogP) is 3.78. The van der Waals surface area contributed by atoms with Crippen molar-refractivity contribution in [2.45, 2.75) is 26.9 Å². The Morgan fingerprint density at radius 3 is 2.58 bits per heavy atom. The normalized spacial score (nSPS) is 17.6. The highest BCUT2D eigenvalue weighted by molar-refractivity contribution is 6.04. The van der Waals surface area contributed by atoms with Crippen LogP contribution in [0.15, 0.2) is 42.5 Å². The van der Waals surface area contributed by atoms with Gasteiger partial charge in [-0.05, 0) is 56.7 Å². The smallest absolute Gasteiger partial charge is 0.255 e. The van der Waals surface area contributed by atoms with Crippen LogP contribution in [-0.2, 0) is 4.74 Å². The fraction of sp³-hybridized carbons (Fsp3) is 0.350. The number of anilines is 2. The van der Waals surface area contributed by atoms with Gasteiger partial charge < -0.3 is 15.0 Å². The molecule has 0 aromatic heterocycles. The van der Waals surface area contributed by atoms with Crippen LogP contribution in [0.1, 0.15) is 28.4 Å². The first-order chi connectivity index (χ1) is 11.5. The van der Waals surface area contributed by atoms with Gasteiger partial charge in [-0.1, -0.05) is 17.7 Å². The third-order valence-electron chi connectivity index (χ3n) is 4.35. The zero-order valence-electron chi connectivity index (χ0n) is 14.5. The Labute approximate surface area is 143 Å². The van der Waals surface area contributed by atoms with Gasteiger partial charge in [-0.15, -0.1) is 0 Å². The molecule has 1 unspecified atom stereocenters. The second-order valence-corrected chi connectivity index (χ2v) is 6.45. The van der Waals surface area contributed by atoms with Gasteiger partial charge in [0.05, 0.1) is 12.7 Å². The lowest BCUT2D eigenvalue weighted by molar-refractivity contribution is 0.0532. The summed E-state index contributed by atoms with van der Waals surface area (Å²) in [5.74, 6) is -0.0813. The number of nitrogens with zero attached hydrogens (tertiary/aromatic N) is 1. The van der Waals surface area contributed by atoms with Crippen molar-refractivity contribution >= 4 is 17.3 Å². The molecule has 1 N–H and O–H groups in total. The molecule has 4 nitrogen and oxygen atoms in total. The van der Waals surface area contributed by atoms with E-state index in [1.165, 1.54) is 5.69 Å². The van der Waals surface area contributed by atoms with Gasteiger partial charge in [0.2, 0.25) is 0 Å². The predicted molar refractivity (Wildman–Crippen MR) is 97.9 cm³/mol. The van der Waals surface area contributed by atoms with E-state index in [0.29, 0.717) is 5.56 Å². The largest absolute Gasteiger partial charge is 0.375 e. The lowest BCUT2D eigenvalue weighted by Crippen LogP contribution is -2.41. The van der Waals surface area contributed by atoms with E-state index in [0.717, 1.165) is 36.5 Å². The molecule has 1 atom stereocenters. The Balaban J connectivity index is 1.72. The second kappa shape index (κ2) is 7.05. The van der Waals surface area contributed by atoms with Gasteiger partial charge in [0.1, 0.15) is 0 Å². The van der Waals surface area contributed by atoms with Crippen molar-refractivity contribution in [2.75, 3.05) is 29.9 Å². The Bertz CT molecular complexity index is 725. The van der Waals surface area contributed by atoms with E-state index < -0.39 is 0 Å². The highest BCUT2D eigenvalue weighted by Gasteiger charge is 2.18. The molecule has 2 aromatic rings. The number of carbonyl (C=O) groups is 1. The summed E-state index contributed by atoms with van der Waals surface area (Å²) >= 11 is 0. The number of ether oxygens (including phenoxy) is 1. The van der Waals surface area contributed by atoms with Crippen molar-refractivity contribution in [1.82, 2.24) is 0 Å². The summed E-state index contributed by atoms with van der Waals surface area (Å²) < 4.78 is 5.60. The van der Waals surface area contributed by atoms with E-state index in [4.69, 9.17) is 4.74 Å². The molecular formula is C20H24N2O2. The van der Waals surface area contributed by atoms with Crippen molar-refractivity contribution in [1.29, 1.82) is 0 Å². The quantitative estimate of drug-likeness (QED) is 0.934. The van der Waals surface area contributed by atoms with Crippen molar-refractivity contribution in [3.05, 3.63) is 59.2 Å². The minimum atomic E-state index is -0.0813. The van der Waals surface area contributed by atoms with E-state index in [2.05, 4.69) is 30.1 Å². The van der Waals surface area contributed by atoms with Gasteiger partial charge in [0.25, 0.3) is 5.91 Å². The van der Waals surface area contributed by atoms with Crippen LogP contribution in [-0.4, -0.2) is 31.7 Å². The van der Waals surface area contributed by atoms with Crippen LogP contribution in [0.4, 0.5) is 11.4 Å². The van der Waals surface area contributed by atoms with E-state index in [9.17, 15) is 4.79 Å². The fourth-order valence-electron chi connectivity index (χ4n) is 3.03. The molecule has 1 fully saturated rings. The summed E-state index contributed by atoms with van der Waals surface area (Å²) in [5.41, 5.74) is 5.00. The molecule has 0 spiro atoms. The third-order valence-corrected chi connectivity index (χ3v) is 4.35. The zero-order chi connectivity index (χ0) is 17.1. The van der Waals surface area contributed by atoms with Gasteiger partial charge in [-0.25, -0.2) is 0 Å². The van der Waals surface area contributed by atoms with Crippen molar-refractivity contribution in [2.24, 2.45) is 0 Å². The molecule has 2 aromatic carbocycles. The van der Waals surface area contributed by atoms with Crippen LogP contribution in [0.3, 0.4) is 0 Å². The molecule has 1 saturated heterocycles. The van der Waals surface area contributed by atoms with Crippen LogP contribution in [0.2, 0.25) is 0 Å². The number of aryl methyl sites for hydroxylation is 2. The van der Waals surface area contributed by atoms with Crippen molar-refractivity contribution in [3.8, 4) is 0 Å². The van der Waals surface area contributed by atoms with E-state index in [1.54, 1.807) is 0 Å². The summed E-state index contributed by atoms with van der Waals surface area (Å²) in [4.78, 5) is 14.7. The van der Waals surface area contributed by atoms with Crippen molar-refractivity contribution < 1.29 is 9.53 Å². The first-order valence-electron chi connectivity index (χ1n) is 8.38. The molecular weight excluding hydrogens is 300 g/mol. The van der Waals surface area contributed by atoms with Gasteiger partial charge in [-0.3, -0.25) is 4.79 Å². The maximum Gasteiger partial charge on any atom is 0.255 e. The molecule has 1 amide bonds. The van der Waals surface area contributed by atoms with Crippen molar-refractivity contribution in [3.63, 3.8) is 0 Å². The van der Waals surface area contributed by atoms with Crippen LogP contribution in [0, 0.1) is 13.8 Å². The van der Waals surface area contributed by atoms with Crippen LogP contribution in [0.25, 0.3) is 0 Å². The van der Waals surface area contributed by atoms with Crippen LogP contribution < -0.4 is 10.2 Å². The first-order valence-corrected chi connectivity index (χ1v) is 8.38. The molecule has 0 radical (unpaired) electrons. The molecule has 4 heteroatoms. The maximum atomic E-state index is 12.3. The molecule has 0 saturated carbocycles. The van der Waals surface area contributed by atoms with Gasteiger partial charge in [0, 0.05) is 30.0 Å². The lowest BCUT2D eigenvalue weighted by Gasteiger charge is -2.34. The number of morpholine rings is 1. The Morgan fingerprint density at radius 1 is 1.17 bits per heavy atom. The average Bonchev–Trinajstić information content (AvgIpc) is 2.55. The SMILES string of the molecule is Cc1ccc(C(=O)Nc2ccc(N3CCOC(C)C3)c(C)c2)cc1. The number of benzene rings is 2. The van der Waals surface area contributed by atoms with Gasteiger partial charge >= 0.3 is 0 Å². The molecule has 24 heavy (non-hydrogen) atoms. The van der Waals surface area contributed by atoms with E-state index in [1.807, 2.05) is 43.3 Å². The summed E-state index contributed by atoms with van der Waals surface area (Å²) in [6.07, 6.45) is 0.249. The van der Waals surface area contributed by atoms with Crippen LogP contribution in [0.5, 0.6) is 0 Å². The monoisotopic (exact) mass is 324 g/mol. The summed E-state index contributed by atoms with van der Waals surface area (Å²) in [5, 5.41) is 2.98. The molecule has 1 heterocycles.